The van der Waals surface area contributed by atoms with Gasteiger partial charge < -0.3 is 74.9 Å². The van der Waals surface area contributed by atoms with Gasteiger partial charge >= 0.3 is 17.8 Å². The number of aliphatic carboxylic acids is 1. The van der Waals surface area contributed by atoms with Crippen molar-refractivity contribution in [1.29, 1.82) is 0 Å². The minimum absolute atomic E-state index is 0. The molecule has 8 aromatic rings. The number of ether oxygens (including phenoxy) is 1. The normalized spacial score (nSPS) is 25.8. The van der Waals surface area contributed by atoms with Crippen molar-refractivity contribution in [2.75, 3.05) is 26.3 Å². The Morgan fingerprint density at radius 1 is 0.468 bits per heavy atom. The van der Waals surface area contributed by atoms with Gasteiger partial charge in [-0.2, -0.15) is 9.13 Å². The second-order valence-corrected chi connectivity index (χ2v) is 33.3. The molecular formula is C88H113ClI2N11O7+. The van der Waals surface area contributed by atoms with Crippen molar-refractivity contribution in [1.82, 2.24) is 19.0 Å². The molecule has 12 fully saturated rings. The minimum atomic E-state index is -0.751. The molecular weight excluding hydrogens is 1610 g/mol. The molecule has 21 heteroatoms. The molecule has 0 radical (unpaired) electrons. The summed E-state index contributed by atoms with van der Waals surface area (Å²) in [5, 5.41) is 30.3. The molecule has 0 atom stereocenters. The summed E-state index contributed by atoms with van der Waals surface area (Å²) < 4.78 is 16.1. The van der Waals surface area contributed by atoms with Crippen LogP contribution in [0.3, 0.4) is 0 Å². The molecule has 12 aliphatic carbocycles. The number of carbonyl (C=O) groups is 3. The lowest BCUT2D eigenvalue weighted by atomic mass is 9.49. The molecule has 20 rings (SSSR count). The van der Waals surface area contributed by atoms with Crippen LogP contribution in [0.2, 0.25) is 5.15 Å². The van der Waals surface area contributed by atoms with Crippen LogP contribution in [0.4, 0.5) is 0 Å². The quantitative estimate of drug-likeness (QED) is 0.00681. The molecule has 109 heavy (non-hydrogen) atoms. The number of nitrogens with one attached hydrogen (secondary N) is 1. The highest BCUT2D eigenvalue weighted by atomic mass is 127. The number of aliphatic hydroxyl groups excluding tert-OH is 2. The van der Waals surface area contributed by atoms with E-state index in [1.165, 1.54) is 133 Å². The molecule has 5 aromatic heterocycles. The molecule has 12 saturated carbocycles. The maximum Gasteiger partial charge on any atom is 0.375 e. The van der Waals surface area contributed by atoms with Crippen LogP contribution in [0, 0.1) is 53.3 Å². The fourth-order valence-corrected chi connectivity index (χ4v) is 22.0. The Bertz CT molecular complexity index is 4260. The Morgan fingerprint density at radius 3 is 1.14 bits per heavy atom. The summed E-state index contributed by atoms with van der Waals surface area (Å²) in [7, 11) is 3.80. The first-order chi connectivity index (χ1) is 51.9. The van der Waals surface area contributed by atoms with Gasteiger partial charge in [0.15, 0.2) is 24.3 Å². The average Bonchev–Trinajstić information content (AvgIpc) is 1.73. The Balaban J connectivity index is 0.000000146. The van der Waals surface area contributed by atoms with Gasteiger partial charge in [0.1, 0.15) is 33.7 Å². The van der Waals surface area contributed by atoms with Crippen LogP contribution in [-0.4, -0.2) is 85.1 Å². The summed E-state index contributed by atoms with van der Waals surface area (Å²) in [5.41, 5.74) is 27.3. The smallest absolute Gasteiger partial charge is 0.375 e. The Labute approximate surface area is 682 Å². The van der Waals surface area contributed by atoms with Crippen molar-refractivity contribution in [2.24, 2.45) is 94.5 Å². The second-order valence-electron chi connectivity index (χ2n) is 32.9. The van der Waals surface area contributed by atoms with E-state index in [4.69, 9.17) is 43.8 Å². The van der Waals surface area contributed by atoms with Crippen LogP contribution >= 0.6 is 35.6 Å². The highest BCUT2D eigenvalue weighted by Crippen LogP contribution is 2.64. The highest BCUT2D eigenvalue weighted by Gasteiger charge is 2.56. The monoisotopic (exact) mass is 1720 g/mol. The number of nitrogens with two attached hydrogens (primary N) is 3. The number of esters is 1. The fraction of sp³-hybridized carbons (Fsp3) is 0.489. The fourth-order valence-electron chi connectivity index (χ4n) is 21.9. The summed E-state index contributed by atoms with van der Waals surface area (Å²) in [6.45, 7) is 2.01. The van der Waals surface area contributed by atoms with E-state index in [1.807, 2.05) is 114 Å². The third-order valence-corrected chi connectivity index (χ3v) is 25.4. The van der Waals surface area contributed by atoms with Crippen LogP contribution < -0.4 is 60.4 Å². The molecule has 18 nitrogen and oxygen atoms in total. The Hall–Kier alpha value is -7.38. The van der Waals surface area contributed by atoms with E-state index in [2.05, 4.69) is 114 Å². The number of carboxylic acid groups (broad SMARTS) is 1. The molecule has 1 amide bonds. The zero-order chi connectivity index (χ0) is 74.7. The van der Waals surface area contributed by atoms with Gasteiger partial charge in [0.25, 0.3) is 5.15 Å². The van der Waals surface area contributed by atoms with Crippen LogP contribution in [0.5, 0.6) is 5.88 Å². The van der Waals surface area contributed by atoms with E-state index in [0.29, 0.717) is 25.4 Å². The number of pyridine rings is 2. The van der Waals surface area contributed by atoms with Gasteiger partial charge in [-0.3, -0.25) is 24.9 Å². The first-order valence-corrected chi connectivity index (χ1v) is 39.8. The van der Waals surface area contributed by atoms with Gasteiger partial charge in [-0.15, -0.1) is 24.0 Å². The summed E-state index contributed by atoms with van der Waals surface area (Å²) >= 11 is 5.67. The zero-order valence-electron chi connectivity index (χ0n) is 63.4. The number of guanidine groups is 2. The predicted octanol–water partition coefficient (Wildman–Crippen LogP) is 11.4. The molecule has 0 unspecified atom stereocenters. The predicted molar refractivity (Wildman–Crippen MR) is 436 cm³/mol. The Morgan fingerprint density at radius 2 is 0.807 bits per heavy atom. The van der Waals surface area contributed by atoms with E-state index in [1.54, 1.807) is 0 Å². The number of aliphatic imine (C=N–C) groups is 2. The number of hydrogen-bond donors (Lipinski definition) is 7. The number of hydrogen-bond acceptors (Lipinski definition) is 8. The zero-order valence-corrected chi connectivity index (χ0v) is 68.7. The van der Waals surface area contributed by atoms with E-state index in [0.717, 1.165) is 111 Å². The van der Waals surface area contributed by atoms with Crippen molar-refractivity contribution in [3.63, 3.8) is 0 Å². The van der Waals surface area contributed by atoms with Crippen molar-refractivity contribution in [3.8, 4) is 39.7 Å². The van der Waals surface area contributed by atoms with Crippen LogP contribution in [0.15, 0.2) is 186 Å². The molecule has 0 aliphatic heterocycles. The first-order valence-electron chi connectivity index (χ1n) is 39.5. The summed E-state index contributed by atoms with van der Waals surface area (Å²) in [6, 6.07) is 55.8. The van der Waals surface area contributed by atoms with Crippen molar-refractivity contribution < 1.29 is 67.6 Å². The lowest BCUT2D eigenvalue weighted by Crippen LogP contribution is -3.00. The molecule has 12 aliphatic rings. The number of rotatable bonds is 21. The number of amides is 1. The molecule has 3 aromatic carbocycles. The van der Waals surface area contributed by atoms with Gasteiger partial charge in [-0.1, -0.05) is 91.0 Å². The number of aromatic nitrogens is 5. The van der Waals surface area contributed by atoms with Gasteiger partial charge in [0.05, 0.1) is 6.07 Å². The van der Waals surface area contributed by atoms with Crippen LogP contribution in [-0.2, 0) is 64.4 Å². The topological polar surface area (TPSA) is 258 Å². The number of aryl methyl sites for hydroxylation is 2. The minimum Gasteiger partial charge on any atom is -1.00 e. The molecule has 10 N–H and O–H groups in total. The third kappa shape index (κ3) is 20.1. The average molecular weight is 1730 g/mol. The van der Waals surface area contributed by atoms with Gasteiger partial charge in [0.2, 0.25) is 5.91 Å². The van der Waals surface area contributed by atoms with E-state index in [-0.39, 0.29) is 121 Å². The standard InChI is InChI=1S/C28H31N2O2.C27H36N4O2.C22H25NO2.C6H7ClN.C5H13N3O.2HI/c1-29-12-6-5-9-26(29)32-27(31)19-30-24(23-7-3-2-4-8-23)10-11-25(30)28-16-20-13-21(17-28)15-22(14-20)18-28;28-26(29-10-4-5-11-32)30-25(33)18-31-23(22-6-2-1-3-7-22)8-9-24(31)27-15-19-12-20(16-27)14-21(13-19)17-27;24-21(25)14-23-19(18-4-2-1-3-5-18)6-7-20(23)22-11-15-8-16(12-22)10-17(9-15)13-22;1-8-5-3-2-4-6(8)7;6-5(7)8-3-1-2-4-9;;/h2-12,20-22H,13-19H2,1H3;1-3,6-9,19-21,32H,4-5,10-18H2,(H3,28,29,30,33);1-7,15-17H,8-14H2,(H,24,25);2-5H,1H3;9H,1-4H2,(H4,6,7,8);2*1H/q+1;;;+1;;;/p-1. The highest BCUT2D eigenvalue weighted by molar-refractivity contribution is 14.0. The Kier molecular flexibility index (Phi) is 28.6. The van der Waals surface area contributed by atoms with Crippen molar-refractivity contribution in [2.45, 2.75) is 177 Å². The summed E-state index contributed by atoms with van der Waals surface area (Å²) in [6.07, 6.45) is 30.9. The van der Waals surface area contributed by atoms with Gasteiger partial charge in [0, 0.05) is 94.9 Å². The molecule has 12 bridgehead atoms. The SMILES string of the molecule is C[n+]1ccccc1Cl.C[n+]1ccccc1OC(=O)Cn1c(-c2ccccc2)ccc1C12CC3CC(CC(C3)C1)C2.I.NC(=NCCCCO)NC(=O)Cn1c(-c2ccccc2)ccc1C12CC3CC(CC(C3)C1)C2.NC(N)=NCCCCO.O=C(O)Cn1c(-c2ccccc2)ccc1C12CC3CC(CC(C3)C1)C2.[I-]. The largest absolute Gasteiger partial charge is 1.00 e. The number of halogens is 3. The van der Waals surface area contributed by atoms with E-state index >= 15 is 0 Å². The van der Waals surface area contributed by atoms with Crippen molar-refractivity contribution >= 4 is 65.3 Å². The number of aliphatic hydroxyl groups is 2. The molecule has 0 saturated heterocycles. The third-order valence-electron chi connectivity index (χ3n) is 25.0. The van der Waals surface area contributed by atoms with Crippen LogP contribution in [0.1, 0.15) is 158 Å². The second kappa shape index (κ2) is 37.8. The maximum absolute atomic E-state index is 13.1. The lowest BCUT2D eigenvalue weighted by Gasteiger charge is -2.57. The van der Waals surface area contributed by atoms with Gasteiger partial charge in [-0.25, -0.2) is 4.79 Å². The van der Waals surface area contributed by atoms with Crippen molar-refractivity contribution in [3.05, 3.63) is 198 Å². The molecule has 5 heterocycles. The van der Waals surface area contributed by atoms with Gasteiger partial charge in [-0.05, 0) is 271 Å². The molecule has 582 valence electrons. The number of carbonyl (C=O) groups excluding carboxylic acids is 2. The number of unbranched alkanes of at least 4 members (excludes halogenated alkanes) is 2. The van der Waals surface area contributed by atoms with E-state index < -0.39 is 5.97 Å². The number of benzene rings is 3. The molecule has 0 spiro atoms. The number of carboxylic acids is 1. The first kappa shape index (κ1) is 82.6. The van der Waals surface area contributed by atoms with Crippen LogP contribution in [0.25, 0.3) is 33.8 Å². The number of nitrogens with zero attached hydrogens (tertiary/aromatic N) is 7. The maximum atomic E-state index is 13.1. The summed E-state index contributed by atoms with van der Waals surface area (Å²) in [5.74, 6) is 7.43. The van der Waals surface area contributed by atoms with E-state index in [9.17, 15) is 19.5 Å². The summed E-state index contributed by atoms with van der Waals surface area (Å²) in [4.78, 5) is 45.7. The lowest BCUT2D eigenvalue weighted by molar-refractivity contribution is -0.675.